The van der Waals surface area contributed by atoms with Gasteiger partial charge >= 0.3 is 0 Å². The van der Waals surface area contributed by atoms with E-state index < -0.39 is 16.3 Å². The van der Waals surface area contributed by atoms with E-state index >= 15 is 0 Å². The van der Waals surface area contributed by atoms with Gasteiger partial charge in [0.25, 0.3) is 10.2 Å². The van der Waals surface area contributed by atoms with Crippen molar-refractivity contribution in [3.05, 3.63) is 66.0 Å². The van der Waals surface area contributed by atoms with Crippen molar-refractivity contribution in [3.8, 4) is 0 Å². The third kappa shape index (κ3) is 3.96. The minimum atomic E-state index is -3.68. The van der Waals surface area contributed by atoms with Crippen molar-refractivity contribution in [3.63, 3.8) is 0 Å². The van der Waals surface area contributed by atoms with E-state index in [1.54, 1.807) is 13.2 Å². The highest BCUT2D eigenvalue weighted by Gasteiger charge is 2.38. The van der Waals surface area contributed by atoms with Gasteiger partial charge < -0.3 is 4.74 Å². The molecule has 0 saturated carbocycles. The van der Waals surface area contributed by atoms with Crippen molar-refractivity contribution < 1.29 is 13.2 Å². The lowest BCUT2D eigenvalue weighted by molar-refractivity contribution is -0.0454. The van der Waals surface area contributed by atoms with E-state index in [0.29, 0.717) is 18.8 Å². The molecule has 0 radical (unpaired) electrons. The molecular weight excluding hydrogens is 350 g/mol. The lowest BCUT2D eigenvalue weighted by atomic mass is 10.0. The van der Waals surface area contributed by atoms with Crippen LogP contribution in [0.1, 0.15) is 31.1 Å². The average Bonchev–Trinajstić information content (AvgIpc) is 2.63. The Labute approximate surface area is 155 Å². The maximum absolute atomic E-state index is 13.3. The first-order valence-electron chi connectivity index (χ1n) is 8.74. The van der Waals surface area contributed by atoms with E-state index in [1.807, 2.05) is 62.4 Å². The minimum absolute atomic E-state index is 0.132. The fraction of sp³-hybridized carbons (Fsp3) is 0.421. The first kappa shape index (κ1) is 19.0. The third-order valence-corrected chi connectivity index (χ3v) is 6.41. The summed E-state index contributed by atoms with van der Waals surface area (Å²) in [6.45, 7) is 4.48. The molecule has 0 amide bonds. The van der Waals surface area contributed by atoms with Crippen LogP contribution in [0.3, 0.4) is 0 Å². The number of pyridine rings is 1. The molecule has 1 saturated heterocycles. The van der Waals surface area contributed by atoms with Gasteiger partial charge in [-0.1, -0.05) is 36.4 Å². The lowest BCUT2D eigenvalue weighted by Crippen LogP contribution is -2.52. The zero-order valence-corrected chi connectivity index (χ0v) is 16.1. The molecule has 1 aromatic heterocycles. The second-order valence-electron chi connectivity index (χ2n) is 6.67. The molecule has 0 bridgehead atoms. The van der Waals surface area contributed by atoms with Crippen molar-refractivity contribution in [2.75, 3.05) is 20.1 Å². The molecule has 0 N–H and O–H groups in total. The van der Waals surface area contributed by atoms with Gasteiger partial charge in [-0.25, -0.2) is 0 Å². The van der Waals surface area contributed by atoms with Crippen molar-refractivity contribution >= 4 is 10.2 Å². The molecule has 2 heterocycles. The van der Waals surface area contributed by atoms with Crippen LogP contribution >= 0.6 is 0 Å². The third-order valence-electron chi connectivity index (χ3n) is 4.52. The first-order valence-corrected chi connectivity index (χ1v) is 10.1. The highest BCUT2D eigenvalue weighted by atomic mass is 32.2. The van der Waals surface area contributed by atoms with Crippen molar-refractivity contribution in [1.82, 2.24) is 13.6 Å². The largest absolute Gasteiger partial charge is 0.373 e. The Bertz CT molecular complexity index is 765. The van der Waals surface area contributed by atoms with Crippen LogP contribution in [0.5, 0.6) is 0 Å². The summed E-state index contributed by atoms with van der Waals surface area (Å²) in [5.41, 5.74) is 1.57. The van der Waals surface area contributed by atoms with E-state index in [2.05, 4.69) is 4.98 Å². The number of hydrogen-bond acceptors (Lipinski definition) is 4. The lowest BCUT2D eigenvalue weighted by Gasteiger charge is -2.38. The molecule has 1 aliphatic rings. The summed E-state index contributed by atoms with van der Waals surface area (Å²) in [4.78, 5) is 4.42. The standard InChI is InChI=1S/C19H25N3O3S/c1-15-13-22(14-16(2)25-15)26(23,24)21(3)19(17-9-5-4-6-10-17)18-11-7-8-12-20-18/h4-12,15-16,19H,13-14H2,1-3H3/t15-,16-,19-/m1/s1. The van der Waals surface area contributed by atoms with Gasteiger partial charge in [0.05, 0.1) is 23.9 Å². The van der Waals surface area contributed by atoms with Crippen molar-refractivity contribution in [2.24, 2.45) is 0 Å². The molecule has 1 aliphatic heterocycles. The number of benzene rings is 1. The predicted octanol–water partition coefficient (Wildman–Crippen LogP) is 2.46. The quantitative estimate of drug-likeness (QED) is 0.805. The molecule has 0 aliphatic carbocycles. The van der Waals surface area contributed by atoms with Gasteiger partial charge in [0, 0.05) is 26.3 Å². The van der Waals surface area contributed by atoms with Crippen LogP contribution < -0.4 is 0 Å². The van der Waals surface area contributed by atoms with Gasteiger partial charge in [-0.15, -0.1) is 0 Å². The highest BCUT2D eigenvalue weighted by molar-refractivity contribution is 7.86. The molecule has 140 valence electrons. The van der Waals surface area contributed by atoms with E-state index in [1.165, 1.54) is 8.61 Å². The number of ether oxygens (including phenoxy) is 1. The smallest absolute Gasteiger partial charge is 0.282 e. The van der Waals surface area contributed by atoms with E-state index in [0.717, 1.165) is 5.56 Å². The summed E-state index contributed by atoms with van der Waals surface area (Å²) in [7, 11) is -2.06. The van der Waals surface area contributed by atoms with Gasteiger partial charge in [0.1, 0.15) is 0 Å². The fourth-order valence-electron chi connectivity index (χ4n) is 3.37. The second-order valence-corrected chi connectivity index (χ2v) is 8.65. The van der Waals surface area contributed by atoms with Crippen LogP contribution in [0.2, 0.25) is 0 Å². The van der Waals surface area contributed by atoms with Gasteiger partial charge in [-0.05, 0) is 31.5 Å². The molecule has 3 rings (SSSR count). The van der Waals surface area contributed by atoms with Gasteiger partial charge in [-0.2, -0.15) is 17.0 Å². The molecule has 1 aromatic carbocycles. The van der Waals surface area contributed by atoms with Crippen molar-refractivity contribution in [2.45, 2.75) is 32.1 Å². The molecule has 0 unspecified atom stereocenters. The zero-order chi connectivity index (χ0) is 18.7. The topological polar surface area (TPSA) is 62.7 Å². The van der Waals surface area contributed by atoms with Crippen LogP contribution in [-0.2, 0) is 14.9 Å². The van der Waals surface area contributed by atoms with E-state index in [4.69, 9.17) is 4.74 Å². The summed E-state index contributed by atoms with van der Waals surface area (Å²) in [6, 6.07) is 14.6. The van der Waals surface area contributed by atoms with Crippen LogP contribution in [-0.4, -0.2) is 54.4 Å². The van der Waals surface area contributed by atoms with Gasteiger partial charge in [0.2, 0.25) is 0 Å². The summed E-state index contributed by atoms with van der Waals surface area (Å²) < 4.78 is 35.3. The predicted molar refractivity (Wildman–Crippen MR) is 101 cm³/mol. The van der Waals surface area contributed by atoms with E-state index in [-0.39, 0.29) is 12.2 Å². The Balaban J connectivity index is 1.98. The molecule has 1 fully saturated rings. The first-order chi connectivity index (χ1) is 12.4. The Morgan fingerprint density at radius 3 is 2.27 bits per heavy atom. The van der Waals surface area contributed by atoms with Crippen LogP contribution in [0, 0.1) is 0 Å². The zero-order valence-electron chi connectivity index (χ0n) is 15.3. The van der Waals surface area contributed by atoms with Gasteiger partial charge in [0.15, 0.2) is 0 Å². The van der Waals surface area contributed by atoms with Crippen LogP contribution in [0.4, 0.5) is 0 Å². The Hall–Kier alpha value is -1.80. The van der Waals surface area contributed by atoms with Gasteiger partial charge in [-0.3, -0.25) is 4.98 Å². The normalized spacial score (nSPS) is 23.1. The maximum Gasteiger partial charge on any atom is 0.282 e. The monoisotopic (exact) mass is 375 g/mol. The fourth-order valence-corrected chi connectivity index (χ4v) is 5.03. The van der Waals surface area contributed by atoms with Crippen LogP contribution in [0.15, 0.2) is 54.7 Å². The average molecular weight is 375 g/mol. The molecule has 2 aromatic rings. The Kier molecular flexibility index (Phi) is 5.72. The van der Waals surface area contributed by atoms with E-state index in [9.17, 15) is 8.42 Å². The SMILES string of the molecule is C[C@@H]1CN(S(=O)(=O)N(C)[C@H](c2ccccc2)c2ccccn2)C[C@@H](C)O1. The molecule has 0 spiro atoms. The number of rotatable bonds is 5. The summed E-state index contributed by atoms with van der Waals surface area (Å²) in [5.74, 6) is 0. The Morgan fingerprint density at radius 1 is 1.08 bits per heavy atom. The Morgan fingerprint density at radius 2 is 1.69 bits per heavy atom. The second kappa shape index (κ2) is 7.84. The molecule has 7 heteroatoms. The summed E-state index contributed by atoms with van der Waals surface area (Å²) >= 11 is 0. The number of aromatic nitrogens is 1. The molecular formula is C19H25N3O3S. The number of morpholine rings is 1. The number of hydrogen-bond donors (Lipinski definition) is 0. The number of nitrogens with zero attached hydrogens (tertiary/aromatic N) is 3. The summed E-state index contributed by atoms with van der Waals surface area (Å²) in [5, 5.41) is 0. The minimum Gasteiger partial charge on any atom is -0.373 e. The van der Waals surface area contributed by atoms with Crippen molar-refractivity contribution in [1.29, 1.82) is 0 Å². The molecule has 26 heavy (non-hydrogen) atoms. The summed E-state index contributed by atoms with van der Waals surface area (Å²) in [6.07, 6.45) is 1.42. The molecule has 3 atom stereocenters. The highest BCUT2D eigenvalue weighted by Crippen LogP contribution is 2.30. The molecule has 6 nitrogen and oxygen atoms in total. The van der Waals surface area contributed by atoms with Crippen LogP contribution in [0.25, 0.3) is 0 Å². The maximum atomic E-state index is 13.3.